The Bertz CT molecular complexity index is 582. The highest BCUT2D eigenvalue weighted by molar-refractivity contribution is 5.95. The van der Waals surface area contributed by atoms with E-state index in [9.17, 15) is 19.8 Å². The number of carbonyl (C=O) groups is 2. The van der Waals surface area contributed by atoms with Gasteiger partial charge in [-0.3, -0.25) is 0 Å². The van der Waals surface area contributed by atoms with Crippen molar-refractivity contribution in [3.63, 3.8) is 0 Å². The van der Waals surface area contributed by atoms with Crippen LogP contribution in [0.3, 0.4) is 0 Å². The molecule has 4 N–H and O–H groups in total. The summed E-state index contributed by atoms with van der Waals surface area (Å²) in [5.41, 5.74) is 1.62. The molecule has 0 amide bonds. The maximum absolute atomic E-state index is 11.6. The van der Waals surface area contributed by atoms with E-state index in [1.807, 2.05) is 0 Å². The lowest BCUT2D eigenvalue weighted by Gasteiger charge is -2.14. The second kappa shape index (κ2) is 12.4. The average molecular weight is 366 g/mol. The summed E-state index contributed by atoms with van der Waals surface area (Å²) in [4.78, 5) is 23.0. The first-order chi connectivity index (χ1) is 12.5. The number of aryl methyl sites for hydroxylation is 1. The monoisotopic (exact) mass is 366 g/mol. The first kappa shape index (κ1) is 22.1. The minimum Gasteiger partial charge on any atom is -0.478 e. The predicted molar refractivity (Wildman–Crippen MR) is 98.9 cm³/mol. The molecule has 0 aliphatic rings. The van der Waals surface area contributed by atoms with Crippen LogP contribution in [0.5, 0.6) is 0 Å². The summed E-state index contributed by atoms with van der Waals surface area (Å²) in [5, 5.41) is 36.5. The predicted octanol–water partition coefficient (Wildman–Crippen LogP) is 3.27. The Balaban J connectivity index is 2.95. The van der Waals surface area contributed by atoms with Crippen LogP contribution in [0.4, 0.5) is 0 Å². The molecule has 0 unspecified atom stereocenters. The van der Waals surface area contributed by atoms with Crippen LogP contribution in [-0.2, 0) is 12.8 Å². The first-order valence-electron chi connectivity index (χ1n) is 9.35. The molecule has 0 radical (unpaired) electrons. The molecule has 1 aromatic rings. The zero-order chi connectivity index (χ0) is 19.4. The number of unbranched alkanes of at least 4 members (excludes halogenated alkanes) is 6. The molecule has 0 bridgehead atoms. The Morgan fingerprint density at radius 2 is 1.23 bits per heavy atom. The quantitative estimate of drug-likeness (QED) is 0.376. The maximum atomic E-state index is 11.6. The molecule has 0 spiro atoms. The highest BCUT2D eigenvalue weighted by atomic mass is 16.4. The summed E-state index contributed by atoms with van der Waals surface area (Å²) in [6.07, 6.45) is 7.96. The molecular weight excluding hydrogens is 336 g/mol. The molecular formula is C20H30O6. The van der Waals surface area contributed by atoms with Gasteiger partial charge in [0.25, 0.3) is 0 Å². The number of carboxylic acid groups (broad SMARTS) is 2. The van der Waals surface area contributed by atoms with Crippen molar-refractivity contribution in [2.75, 3.05) is 13.2 Å². The maximum Gasteiger partial charge on any atom is 0.335 e. The molecule has 1 rings (SSSR count). The van der Waals surface area contributed by atoms with E-state index in [1.165, 1.54) is 6.07 Å². The molecule has 0 saturated carbocycles. The third kappa shape index (κ3) is 7.54. The van der Waals surface area contributed by atoms with Crippen LogP contribution in [0.15, 0.2) is 12.1 Å². The molecule has 0 aliphatic heterocycles. The van der Waals surface area contributed by atoms with Crippen LogP contribution < -0.4 is 0 Å². The molecule has 1 aromatic carbocycles. The van der Waals surface area contributed by atoms with Crippen LogP contribution in [-0.4, -0.2) is 45.6 Å². The van der Waals surface area contributed by atoms with E-state index in [0.29, 0.717) is 12.8 Å². The Morgan fingerprint density at radius 1 is 0.692 bits per heavy atom. The summed E-state index contributed by atoms with van der Waals surface area (Å²) in [7, 11) is 0. The van der Waals surface area contributed by atoms with E-state index in [2.05, 4.69) is 0 Å². The van der Waals surface area contributed by atoms with E-state index in [4.69, 9.17) is 10.2 Å². The standard InChI is InChI=1S/C20H30O6/c21-11-7-3-1-5-9-15-13-16(19(23)24)14-18(20(25)26)17(15)10-6-2-4-8-12-22/h13-14,21-22H,1-12H2,(H,23,24)(H,25,26). The van der Waals surface area contributed by atoms with Crippen molar-refractivity contribution in [3.05, 3.63) is 34.4 Å². The molecule has 0 saturated heterocycles. The Hall–Kier alpha value is -1.92. The minimum atomic E-state index is -1.12. The van der Waals surface area contributed by atoms with Gasteiger partial charge in [-0.2, -0.15) is 0 Å². The van der Waals surface area contributed by atoms with Gasteiger partial charge in [-0.1, -0.05) is 25.7 Å². The fourth-order valence-corrected chi connectivity index (χ4v) is 3.11. The Kier molecular flexibility index (Phi) is 10.6. The van der Waals surface area contributed by atoms with Gasteiger partial charge in [0.1, 0.15) is 0 Å². The SMILES string of the molecule is O=C(O)c1cc(CCCCCCO)c(CCCCCCO)c(C(=O)O)c1. The number of aromatic carboxylic acids is 2. The molecule has 26 heavy (non-hydrogen) atoms. The van der Waals surface area contributed by atoms with Crippen molar-refractivity contribution in [2.45, 2.75) is 64.2 Å². The van der Waals surface area contributed by atoms with E-state index >= 15 is 0 Å². The van der Waals surface area contributed by atoms with Gasteiger partial charge < -0.3 is 20.4 Å². The largest absolute Gasteiger partial charge is 0.478 e. The molecule has 0 fully saturated rings. The van der Waals surface area contributed by atoms with Crippen molar-refractivity contribution in [1.82, 2.24) is 0 Å². The van der Waals surface area contributed by atoms with E-state index in [-0.39, 0.29) is 24.3 Å². The zero-order valence-electron chi connectivity index (χ0n) is 15.2. The second-order valence-electron chi connectivity index (χ2n) is 6.55. The molecule has 0 aromatic heterocycles. The number of hydrogen-bond donors (Lipinski definition) is 4. The van der Waals surface area contributed by atoms with Crippen LogP contribution in [0.1, 0.15) is 83.2 Å². The van der Waals surface area contributed by atoms with Crippen LogP contribution in [0.2, 0.25) is 0 Å². The van der Waals surface area contributed by atoms with Crippen molar-refractivity contribution in [3.8, 4) is 0 Å². The van der Waals surface area contributed by atoms with Crippen LogP contribution in [0, 0.1) is 0 Å². The molecule has 0 aliphatic carbocycles. The highest BCUT2D eigenvalue weighted by Crippen LogP contribution is 2.23. The summed E-state index contributed by atoms with van der Waals surface area (Å²) >= 11 is 0. The number of aliphatic hydroxyl groups excluding tert-OH is 2. The first-order valence-corrected chi connectivity index (χ1v) is 9.35. The Labute approximate surface area is 154 Å². The van der Waals surface area contributed by atoms with E-state index < -0.39 is 11.9 Å². The number of hydrogen-bond acceptors (Lipinski definition) is 4. The van der Waals surface area contributed by atoms with Gasteiger partial charge in [-0.25, -0.2) is 9.59 Å². The lowest BCUT2D eigenvalue weighted by molar-refractivity contribution is 0.0695. The van der Waals surface area contributed by atoms with Crippen molar-refractivity contribution < 1.29 is 30.0 Å². The lowest BCUT2D eigenvalue weighted by atomic mass is 9.90. The molecule has 6 nitrogen and oxygen atoms in total. The van der Waals surface area contributed by atoms with Gasteiger partial charge in [-0.15, -0.1) is 0 Å². The lowest BCUT2D eigenvalue weighted by Crippen LogP contribution is -2.10. The van der Waals surface area contributed by atoms with Gasteiger partial charge in [-0.05, 0) is 61.8 Å². The topological polar surface area (TPSA) is 115 Å². The summed E-state index contributed by atoms with van der Waals surface area (Å²) in [5.74, 6) is -2.22. The molecule has 0 atom stereocenters. The number of carboxylic acids is 2. The number of aliphatic hydroxyl groups is 2. The molecule has 146 valence electrons. The normalized spacial score (nSPS) is 10.8. The van der Waals surface area contributed by atoms with Crippen LogP contribution >= 0.6 is 0 Å². The van der Waals surface area contributed by atoms with Gasteiger partial charge in [0.2, 0.25) is 0 Å². The molecule has 0 heterocycles. The summed E-state index contributed by atoms with van der Waals surface area (Å²) < 4.78 is 0. The Morgan fingerprint density at radius 3 is 1.73 bits per heavy atom. The van der Waals surface area contributed by atoms with Gasteiger partial charge in [0, 0.05) is 13.2 Å². The fraction of sp³-hybridized carbons (Fsp3) is 0.600. The third-order valence-electron chi connectivity index (χ3n) is 4.51. The summed E-state index contributed by atoms with van der Waals surface area (Å²) in [6.45, 7) is 0.323. The third-order valence-corrected chi connectivity index (χ3v) is 4.51. The number of rotatable bonds is 14. The van der Waals surface area contributed by atoms with Crippen molar-refractivity contribution in [2.24, 2.45) is 0 Å². The summed E-state index contributed by atoms with van der Waals surface area (Å²) in [6, 6.07) is 2.85. The molecule has 6 heteroatoms. The van der Waals surface area contributed by atoms with Gasteiger partial charge >= 0.3 is 11.9 Å². The van der Waals surface area contributed by atoms with E-state index in [1.54, 1.807) is 6.07 Å². The van der Waals surface area contributed by atoms with Crippen molar-refractivity contribution in [1.29, 1.82) is 0 Å². The fourth-order valence-electron chi connectivity index (χ4n) is 3.11. The van der Waals surface area contributed by atoms with E-state index in [0.717, 1.165) is 62.5 Å². The highest BCUT2D eigenvalue weighted by Gasteiger charge is 2.18. The van der Waals surface area contributed by atoms with Crippen molar-refractivity contribution >= 4 is 11.9 Å². The zero-order valence-corrected chi connectivity index (χ0v) is 15.2. The second-order valence-corrected chi connectivity index (χ2v) is 6.55. The minimum absolute atomic E-state index is 0.0109. The van der Waals surface area contributed by atoms with Crippen LogP contribution in [0.25, 0.3) is 0 Å². The smallest absolute Gasteiger partial charge is 0.335 e. The number of benzene rings is 1. The van der Waals surface area contributed by atoms with Gasteiger partial charge in [0.15, 0.2) is 0 Å². The average Bonchev–Trinajstić information content (AvgIpc) is 2.61. The van der Waals surface area contributed by atoms with Gasteiger partial charge in [0.05, 0.1) is 11.1 Å².